The van der Waals surface area contributed by atoms with Crippen LogP contribution in [0, 0.1) is 29.1 Å². The van der Waals surface area contributed by atoms with Gasteiger partial charge >= 0.3 is 0 Å². The zero-order valence-corrected chi connectivity index (χ0v) is 8.61. The summed E-state index contributed by atoms with van der Waals surface area (Å²) >= 11 is 0. The standard InChI is InChI=1S/C11H17NO2/c1-8(3-2-5-12)10-7-14-11-9(10)4-6-13-11/h8-11H,2-4,6-7H2,1H3/t8-,9-,10+,11+/m0/s1. The van der Waals surface area contributed by atoms with E-state index in [1.165, 1.54) is 0 Å². The molecule has 4 atom stereocenters. The smallest absolute Gasteiger partial charge is 0.160 e. The van der Waals surface area contributed by atoms with E-state index in [0.29, 0.717) is 24.2 Å². The third-order valence-corrected chi connectivity index (χ3v) is 3.53. The average Bonchev–Trinajstić information content (AvgIpc) is 2.74. The Morgan fingerprint density at radius 1 is 1.50 bits per heavy atom. The van der Waals surface area contributed by atoms with E-state index < -0.39 is 0 Å². The highest BCUT2D eigenvalue weighted by molar-refractivity contribution is 4.86. The fourth-order valence-corrected chi connectivity index (χ4v) is 2.59. The summed E-state index contributed by atoms with van der Waals surface area (Å²) < 4.78 is 11.1. The summed E-state index contributed by atoms with van der Waals surface area (Å²) in [5.74, 6) is 1.78. The van der Waals surface area contributed by atoms with Crippen molar-refractivity contribution in [1.29, 1.82) is 5.26 Å². The van der Waals surface area contributed by atoms with Crippen LogP contribution in [0.15, 0.2) is 0 Å². The van der Waals surface area contributed by atoms with E-state index in [2.05, 4.69) is 13.0 Å². The van der Waals surface area contributed by atoms with Crippen LogP contribution in [0.3, 0.4) is 0 Å². The van der Waals surface area contributed by atoms with Gasteiger partial charge in [-0.05, 0) is 24.7 Å². The lowest BCUT2D eigenvalue weighted by Crippen LogP contribution is -2.21. The van der Waals surface area contributed by atoms with E-state index in [9.17, 15) is 0 Å². The van der Waals surface area contributed by atoms with Crippen molar-refractivity contribution >= 4 is 0 Å². The van der Waals surface area contributed by atoms with Crippen molar-refractivity contribution in [3.05, 3.63) is 0 Å². The normalized spacial score (nSPS) is 37.9. The Morgan fingerprint density at radius 2 is 2.36 bits per heavy atom. The molecule has 0 aromatic heterocycles. The van der Waals surface area contributed by atoms with Gasteiger partial charge in [-0.3, -0.25) is 0 Å². The SMILES string of the molecule is C[C@@H](CCC#N)[C@H]1CO[C@H]2OCC[C@H]21. The highest BCUT2D eigenvalue weighted by Gasteiger charge is 2.43. The highest BCUT2D eigenvalue weighted by atomic mass is 16.7. The molecule has 0 N–H and O–H groups in total. The van der Waals surface area contributed by atoms with Crippen molar-refractivity contribution in [2.24, 2.45) is 17.8 Å². The second-order valence-electron chi connectivity index (χ2n) is 4.36. The molecular weight excluding hydrogens is 178 g/mol. The van der Waals surface area contributed by atoms with Gasteiger partial charge < -0.3 is 9.47 Å². The topological polar surface area (TPSA) is 42.2 Å². The van der Waals surface area contributed by atoms with Gasteiger partial charge in [-0.15, -0.1) is 0 Å². The molecule has 14 heavy (non-hydrogen) atoms. The molecule has 3 nitrogen and oxygen atoms in total. The van der Waals surface area contributed by atoms with Crippen LogP contribution in [0.25, 0.3) is 0 Å². The van der Waals surface area contributed by atoms with Crippen LogP contribution in [-0.2, 0) is 9.47 Å². The Morgan fingerprint density at radius 3 is 3.14 bits per heavy atom. The summed E-state index contributed by atoms with van der Waals surface area (Å²) in [7, 11) is 0. The molecule has 2 heterocycles. The van der Waals surface area contributed by atoms with Crippen LogP contribution >= 0.6 is 0 Å². The summed E-state index contributed by atoms with van der Waals surface area (Å²) in [6.07, 6.45) is 2.85. The monoisotopic (exact) mass is 195 g/mol. The van der Waals surface area contributed by atoms with Gasteiger partial charge in [0.2, 0.25) is 0 Å². The average molecular weight is 195 g/mol. The molecule has 2 fully saturated rings. The van der Waals surface area contributed by atoms with Gasteiger partial charge in [0.1, 0.15) is 0 Å². The van der Waals surface area contributed by atoms with Crippen LogP contribution in [0.1, 0.15) is 26.2 Å². The predicted molar refractivity (Wildman–Crippen MR) is 51.3 cm³/mol. The summed E-state index contributed by atoms with van der Waals surface area (Å²) in [6, 6.07) is 2.21. The van der Waals surface area contributed by atoms with Gasteiger partial charge in [-0.2, -0.15) is 5.26 Å². The summed E-state index contributed by atoms with van der Waals surface area (Å²) in [5.41, 5.74) is 0. The van der Waals surface area contributed by atoms with Gasteiger partial charge in [0.05, 0.1) is 19.3 Å². The molecule has 0 aromatic rings. The van der Waals surface area contributed by atoms with Gasteiger partial charge in [0, 0.05) is 12.3 Å². The fraction of sp³-hybridized carbons (Fsp3) is 0.909. The number of fused-ring (bicyclic) bond motifs is 1. The minimum atomic E-state index is 0.0598. The van der Waals surface area contributed by atoms with Gasteiger partial charge in [0.15, 0.2) is 6.29 Å². The zero-order valence-electron chi connectivity index (χ0n) is 8.61. The molecule has 78 valence electrons. The maximum absolute atomic E-state index is 8.54. The maximum Gasteiger partial charge on any atom is 0.160 e. The Balaban J connectivity index is 1.88. The van der Waals surface area contributed by atoms with Crippen LogP contribution in [0.2, 0.25) is 0 Å². The van der Waals surface area contributed by atoms with Crippen molar-refractivity contribution in [2.45, 2.75) is 32.5 Å². The molecule has 0 aliphatic carbocycles. The Labute approximate surface area is 85.0 Å². The lowest BCUT2D eigenvalue weighted by molar-refractivity contribution is -0.0906. The number of ether oxygens (including phenoxy) is 2. The van der Waals surface area contributed by atoms with Crippen molar-refractivity contribution in [2.75, 3.05) is 13.2 Å². The third kappa shape index (κ3) is 1.77. The highest BCUT2D eigenvalue weighted by Crippen LogP contribution is 2.40. The molecule has 0 saturated carbocycles. The number of rotatable bonds is 3. The molecule has 0 amide bonds. The van der Waals surface area contributed by atoms with Gasteiger partial charge in [-0.1, -0.05) is 6.92 Å². The van der Waals surface area contributed by atoms with E-state index in [4.69, 9.17) is 14.7 Å². The van der Waals surface area contributed by atoms with Crippen LogP contribution in [0.5, 0.6) is 0 Å². The summed E-state index contributed by atoms with van der Waals surface area (Å²) in [6.45, 7) is 3.89. The predicted octanol–water partition coefficient (Wildman–Crippen LogP) is 1.94. The van der Waals surface area contributed by atoms with E-state index in [0.717, 1.165) is 26.1 Å². The number of hydrogen-bond acceptors (Lipinski definition) is 3. The zero-order chi connectivity index (χ0) is 9.97. The molecule has 3 heteroatoms. The minimum absolute atomic E-state index is 0.0598. The van der Waals surface area contributed by atoms with Crippen LogP contribution in [-0.4, -0.2) is 19.5 Å². The first-order valence-electron chi connectivity index (χ1n) is 5.43. The molecule has 0 bridgehead atoms. The largest absolute Gasteiger partial charge is 0.352 e. The molecular formula is C11H17NO2. The van der Waals surface area contributed by atoms with Crippen molar-refractivity contribution in [1.82, 2.24) is 0 Å². The molecule has 2 saturated heterocycles. The first-order chi connectivity index (χ1) is 6.83. The van der Waals surface area contributed by atoms with Gasteiger partial charge in [0.25, 0.3) is 0 Å². The van der Waals surface area contributed by atoms with Crippen molar-refractivity contribution in [3.63, 3.8) is 0 Å². The molecule has 0 aromatic carbocycles. The van der Waals surface area contributed by atoms with Crippen LogP contribution < -0.4 is 0 Å². The second kappa shape index (κ2) is 4.29. The lowest BCUT2D eigenvalue weighted by atomic mass is 9.81. The second-order valence-corrected chi connectivity index (χ2v) is 4.36. The molecule has 2 aliphatic heterocycles. The van der Waals surface area contributed by atoms with Crippen LogP contribution in [0.4, 0.5) is 0 Å². The molecule has 0 spiro atoms. The molecule has 0 radical (unpaired) electrons. The first-order valence-corrected chi connectivity index (χ1v) is 5.43. The fourth-order valence-electron chi connectivity index (χ4n) is 2.59. The first kappa shape index (κ1) is 9.95. The minimum Gasteiger partial charge on any atom is -0.352 e. The van der Waals surface area contributed by atoms with E-state index in [1.807, 2.05) is 0 Å². The summed E-state index contributed by atoms with van der Waals surface area (Å²) in [5, 5.41) is 8.54. The maximum atomic E-state index is 8.54. The Hall–Kier alpha value is -0.590. The molecule has 2 rings (SSSR count). The van der Waals surface area contributed by atoms with Gasteiger partial charge in [-0.25, -0.2) is 0 Å². The summed E-state index contributed by atoms with van der Waals surface area (Å²) in [4.78, 5) is 0. The lowest BCUT2D eigenvalue weighted by Gasteiger charge is -2.21. The molecule has 2 aliphatic rings. The van der Waals surface area contributed by atoms with E-state index >= 15 is 0 Å². The number of hydrogen-bond donors (Lipinski definition) is 0. The third-order valence-electron chi connectivity index (χ3n) is 3.53. The van der Waals surface area contributed by atoms with E-state index in [-0.39, 0.29) is 6.29 Å². The molecule has 0 unspecified atom stereocenters. The number of nitrogens with zero attached hydrogens (tertiary/aromatic N) is 1. The van der Waals surface area contributed by atoms with Crippen molar-refractivity contribution in [3.8, 4) is 6.07 Å². The Kier molecular flexibility index (Phi) is 3.05. The Bertz CT molecular complexity index is 236. The van der Waals surface area contributed by atoms with Crippen molar-refractivity contribution < 1.29 is 9.47 Å². The van der Waals surface area contributed by atoms with E-state index in [1.54, 1.807) is 0 Å². The quantitative estimate of drug-likeness (QED) is 0.691. The number of nitriles is 1.